The van der Waals surface area contributed by atoms with Gasteiger partial charge in [0, 0.05) is 0 Å². The molecule has 0 aliphatic heterocycles. The zero-order valence-electron chi connectivity index (χ0n) is 37.7. The van der Waals surface area contributed by atoms with E-state index in [1.807, 2.05) is 0 Å². The SMILES string of the molecule is CCCCCCCCCCCCCN(C)C.CCCCCCCCCCCCCN(C)C.CCCCCCCCCCCCCN(C)C.OB(O)O. The van der Waals surface area contributed by atoms with Gasteiger partial charge in [-0.05, 0) is 81.2 Å². The lowest BCUT2D eigenvalue weighted by Gasteiger charge is -2.08. The van der Waals surface area contributed by atoms with E-state index in [1.54, 1.807) is 0 Å². The van der Waals surface area contributed by atoms with Gasteiger partial charge in [0.05, 0.1) is 0 Å². The average Bonchev–Trinajstić information content (AvgIpc) is 3.08. The summed E-state index contributed by atoms with van der Waals surface area (Å²) in [5, 5.41) is 21.5. The Labute approximate surface area is 330 Å². The monoisotopic (exact) mass is 744 g/mol. The molecule has 6 nitrogen and oxygen atoms in total. The molecular weight excluding hydrogens is 641 g/mol. The van der Waals surface area contributed by atoms with Crippen molar-refractivity contribution >= 4 is 7.32 Å². The molecule has 0 aliphatic rings. The second-order valence-corrected chi connectivity index (χ2v) is 16.4. The quantitative estimate of drug-likeness (QED) is 0.0438. The molecule has 0 bridgehead atoms. The summed E-state index contributed by atoms with van der Waals surface area (Å²) in [6.45, 7) is 10.6. The first-order valence-corrected chi connectivity index (χ1v) is 23.0. The zero-order valence-corrected chi connectivity index (χ0v) is 37.7. The molecule has 3 N–H and O–H groups in total. The summed E-state index contributed by atoms with van der Waals surface area (Å²) in [6.07, 6.45) is 47.5. The van der Waals surface area contributed by atoms with E-state index in [2.05, 4.69) is 77.8 Å². The topological polar surface area (TPSA) is 70.4 Å². The first-order chi connectivity index (χ1) is 25.0. The van der Waals surface area contributed by atoms with Crippen LogP contribution in [0.2, 0.25) is 0 Å². The molecule has 0 spiro atoms. The highest BCUT2D eigenvalue weighted by atomic mass is 16.5. The molecule has 0 saturated heterocycles. The average molecular weight is 744 g/mol. The fourth-order valence-electron chi connectivity index (χ4n) is 6.28. The number of hydrogen-bond donors (Lipinski definition) is 3. The van der Waals surface area contributed by atoms with E-state index in [4.69, 9.17) is 15.1 Å². The van der Waals surface area contributed by atoms with E-state index < -0.39 is 7.32 Å². The Morgan fingerprint density at radius 3 is 0.481 bits per heavy atom. The number of rotatable bonds is 36. The highest BCUT2D eigenvalue weighted by Crippen LogP contribution is 2.13. The van der Waals surface area contributed by atoms with Crippen LogP contribution in [0.4, 0.5) is 0 Å². The minimum Gasteiger partial charge on any atom is -0.402 e. The summed E-state index contributed by atoms with van der Waals surface area (Å²) in [5.41, 5.74) is 0. The maximum Gasteiger partial charge on any atom is 0.631 e. The molecule has 0 aromatic carbocycles. The molecule has 0 fully saturated rings. The van der Waals surface area contributed by atoms with Gasteiger partial charge in [0.2, 0.25) is 0 Å². The third kappa shape index (κ3) is 78.8. The zero-order chi connectivity index (χ0) is 39.8. The molecule has 0 aromatic heterocycles. The number of unbranched alkanes of at least 4 members (excludes halogenated alkanes) is 30. The van der Waals surface area contributed by atoms with E-state index in [0.29, 0.717) is 0 Å². The molecule has 0 unspecified atom stereocenters. The summed E-state index contributed by atoms with van der Waals surface area (Å²) in [7, 11) is 10.8. The molecule has 0 aliphatic carbocycles. The first-order valence-electron chi connectivity index (χ1n) is 23.0. The van der Waals surface area contributed by atoms with E-state index in [9.17, 15) is 0 Å². The Kier molecular flexibility index (Phi) is 62.1. The lowest BCUT2D eigenvalue weighted by molar-refractivity contribution is 0.278. The van der Waals surface area contributed by atoms with Crippen molar-refractivity contribution in [2.75, 3.05) is 61.9 Å². The Bertz CT molecular complexity index is 494. The van der Waals surface area contributed by atoms with E-state index >= 15 is 0 Å². The molecular formula is C45H102BN3O3. The van der Waals surface area contributed by atoms with Crippen LogP contribution in [0.1, 0.15) is 233 Å². The predicted octanol–water partition coefficient (Wildman–Crippen LogP) is 12.5. The minimum atomic E-state index is -2.17. The van der Waals surface area contributed by atoms with Crippen molar-refractivity contribution in [1.82, 2.24) is 14.7 Å². The van der Waals surface area contributed by atoms with Gasteiger partial charge in [-0.3, -0.25) is 0 Å². The summed E-state index contributed by atoms with van der Waals surface area (Å²) < 4.78 is 0. The van der Waals surface area contributed by atoms with Crippen LogP contribution >= 0.6 is 0 Å². The molecule has 0 saturated carbocycles. The van der Waals surface area contributed by atoms with Crippen molar-refractivity contribution in [2.24, 2.45) is 0 Å². The molecule has 52 heavy (non-hydrogen) atoms. The molecule has 0 amide bonds. The number of hydrogen-bond acceptors (Lipinski definition) is 6. The standard InChI is InChI=1S/3C15H33N.BH3O3/c3*1-4-5-6-7-8-9-10-11-12-13-14-15-16(2)3;2-1(3)4/h3*4-15H2,1-3H3;2-4H. The fourth-order valence-corrected chi connectivity index (χ4v) is 6.28. The van der Waals surface area contributed by atoms with Gasteiger partial charge < -0.3 is 29.8 Å². The largest absolute Gasteiger partial charge is 0.631 e. The van der Waals surface area contributed by atoms with Gasteiger partial charge in [-0.2, -0.15) is 0 Å². The predicted molar refractivity (Wildman–Crippen MR) is 237 cm³/mol. The molecule has 0 rings (SSSR count). The van der Waals surface area contributed by atoms with Crippen molar-refractivity contribution in [3.8, 4) is 0 Å². The van der Waals surface area contributed by atoms with Gasteiger partial charge in [-0.25, -0.2) is 0 Å². The second kappa shape index (κ2) is 55.2. The van der Waals surface area contributed by atoms with Crippen LogP contribution in [0.3, 0.4) is 0 Å². The lowest BCUT2D eigenvalue weighted by Crippen LogP contribution is -2.12. The van der Waals surface area contributed by atoms with Crippen molar-refractivity contribution in [3.05, 3.63) is 0 Å². The van der Waals surface area contributed by atoms with Crippen LogP contribution in [-0.4, -0.2) is 99.0 Å². The third-order valence-corrected chi connectivity index (χ3v) is 9.63. The molecule has 0 radical (unpaired) electrons. The third-order valence-electron chi connectivity index (χ3n) is 9.63. The van der Waals surface area contributed by atoms with Crippen LogP contribution in [-0.2, 0) is 0 Å². The summed E-state index contributed by atoms with van der Waals surface area (Å²) in [5.74, 6) is 0. The van der Waals surface area contributed by atoms with Gasteiger partial charge >= 0.3 is 7.32 Å². The molecule has 7 heteroatoms. The van der Waals surface area contributed by atoms with Crippen LogP contribution in [0.5, 0.6) is 0 Å². The summed E-state index contributed by atoms with van der Waals surface area (Å²) in [6, 6.07) is 0. The van der Waals surface area contributed by atoms with Gasteiger partial charge in [-0.1, -0.05) is 213 Å². The minimum absolute atomic E-state index is 1.26. The van der Waals surface area contributed by atoms with E-state index in [1.165, 1.54) is 232 Å². The highest BCUT2D eigenvalue weighted by molar-refractivity contribution is 6.30. The molecule has 0 atom stereocenters. The molecule has 0 aromatic rings. The van der Waals surface area contributed by atoms with Crippen LogP contribution in [0.25, 0.3) is 0 Å². The molecule has 318 valence electrons. The Morgan fingerprint density at radius 1 is 0.250 bits per heavy atom. The van der Waals surface area contributed by atoms with Crippen LogP contribution in [0, 0.1) is 0 Å². The maximum atomic E-state index is 7.17. The van der Waals surface area contributed by atoms with Crippen molar-refractivity contribution in [2.45, 2.75) is 233 Å². The van der Waals surface area contributed by atoms with Gasteiger partial charge in [0.15, 0.2) is 0 Å². The smallest absolute Gasteiger partial charge is 0.402 e. The van der Waals surface area contributed by atoms with Crippen LogP contribution < -0.4 is 0 Å². The summed E-state index contributed by atoms with van der Waals surface area (Å²) in [4.78, 5) is 6.86. The fraction of sp³-hybridized carbons (Fsp3) is 1.00. The van der Waals surface area contributed by atoms with Crippen molar-refractivity contribution < 1.29 is 15.1 Å². The molecule has 0 heterocycles. The normalized spacial score (nSPS) is 10.9. The maximum absolute atomic E-state index is 7.17. The van der Waals surface area contributed by atoms with E-state index in [0.717, 1.165) is 0 Å². The Balaban J connectivity index is -0.000000315. The van der Waals surface area contributed by atoms with Gasteiger partial charge in [0.25, 0.3) is 0 Å². The Morgan fingerprint density at radius 2 is 0.365 bits per heavy atom. The highest BCUT2D eigenvalue weighted by Gasteiger charge is 1.96. The van der Waals surface area contributed by atoms with E-state index in [-0.39, 0.29) is 0 Å². The van der Waals surface area contributed by atoms with Crippen molar-refractivity contribution in [1.29, 1.82) is 0 Å². The first kappa shape index (κ1) is 58.5. The van der Waals surface area contributed by atoms with Crippen molar-refractivity contribution in [3.63, 3.8) is 0 Å². The van der Waals surface area contributed by atoms with Gasteiger partial charge in [-0.15, -0.1) is 0 Å². The van der Waals surface area contributed by atoms with Crippen LogP contribution in [0.15, 0.2) is 0 Å². The second-order valence-electron chi connectivity index (χ2n) is 16.4. The van der Waals surface area contributed by atoms with Gasteiger partial charge in [0.1, 0.15) is 0 Å². The number of nitrogens with zero attached hydrogens (tertiary/aromatic N) is 3. The Hall–Kier alpha value is -0.175. The summed E-state index contributed by atoms with van der Waals surface area (Å²) >= 11 is 0. The lowest BCUT2D eigenvalue weighted by atomic mass is 10.1.